The lowest BCUT2D eigenvalue weighted by molar-refractivity contribution is 0.411. The number of benzene rings is 1. The highest BCUT2D eigenvalue weighted by molar-refractivity contribution is 9.10. The molecule has 0 aliphatic carbocycles. The molecule has 0 amide bonds. The van der Waals surface area contributed by atoms with Crippen LogP contribution in [0.4, 0.5) is 5.69 Å². The SMILES string of the molecule is CC(C)(C)Cc1ccc(N)c(Br)c1. The van der Waals surface area contributed by atoms with E-state index in [0.29, 0.717) is 5.41 Å². The van der Waals surface area contributed by atoms with Gasteiger partial charge in [0.15, 0.2) is 0 Å². The summed E-state index contributed by atoms with van der Waals surface area (Å²) in [7, 11) is 0. The van der Waals surface area contributed by atoms with Crippen molar-refractivity contribution >= 4 is 21.6 Å². The highest BCUT2D eigenvalue weighted by Crippen LogP contribution is 2.25. The molecular weight excluding hydrogens is 226 g/mol. The van der Waals surface area contributed by atoms with E-state index >= 15 is 0 Å². The molecule has 0 atom stereocenters. The van der Waals surface area contributed by atoms with Crippen LogP contribution in [0.15, 0.2) is 22.7 Å². The van der Waals surface area contributed by atoms with E-state index in [1.54, 1.807) is 0 Å². The van der Waals surface area contributed by atoms with Gasteiger partial charge in [-0.25, -0.2) is 0 Å². The van der Waals surface area contributed by atoms with E-state index in [1.807, 2.05) is 6.07 Å². The van der Waals surface area contributed by atoms with Crippen molar-refractivity contribution < 1.29 is 0 Å². The van der Waals surface area contributed by atoms with Crippen LogP contribution in [0.3, 0.4) is 0 Å². The Kier molecular flexibility index (Phi) is 3.01. The number of nitrogens with two attached hydrogens (primary N) is 1. The van der Waals surface area contributed by atoms with Crippen molar-refractivity contribution in [2.45, 2.75) is 27.2 Å². The summed E-state index contributed by atoms with van der Waals surface area (Å²) in [6.07, 6.45) is 1.08. The minimum Gasteiger partial charge on any atom is -0.398 e. The van der Waals surface area contributed by atoms with Crippen LogP contribution in [0.25, 0.3) is 0 Å². The zero-order valence-electron chi connectivity index (χ0n) is 8.39. The van der Waals surface area contributed by atoms with E-state index in [9.17, 15) is 0 Å². The molecule has 0 aliphatic rings. The molecule has 0 aliphatic heterocycles. The van der Waals surface area contributed by atoms with Gasteiger partial charge in [0.05, 0.1) is 0 Å². The van der Waals surface area contributed by atoms with Gasteiger partial charge in [0.2, 0.25) is 0 Å². The van der Waals surface area contributed by atoms with Gasteiger partial charge < -0.3 is 5.73 Å². The molecular formula is C11H16BrN. The zero-order valence-corrected chi connectivity index (χ0v) is 9.98. The summed E-state index contributed by atoms with van der Waals surface area (Å²) in [5, 5.41) is 0. The molecule has 0 aromatic heterocycles. The quantitative estimate of drug-likeness (QED) is 0.748. The van der Waals surface area contributed by atoms with E-state index < -0.39 is 0 Å². The molecule has 0 spiro atoms. The molecule has 2 N–H and O–H groups in total. The van der Waals surface area contributed by atoms with E-state index in [4.69, 9.17) is 5.73 Å². The maximum absolute atomic E-state index is 5.71. The molecule has 0 unspecified atom stereocenters. The second-order valence-electron chi connectivity index (χ2n) is 4.59. The fraction of sp³-hybridized carbons (Fsp3) is 0.455. The summed E-state index contributed by atoms with van der Waals surface area (Å²) in [4.78, 5) is 0. The lowest BCUT2D eigenvalue weighted by Crippen LogP contribution is -2.09. The second-order valence-corrected chi connectivity index (χ2v) is 5.45. The van der Waals surface area contributed by atoms with Gasteiger partial charge in [-0.1, -0.05) is 26.8 Å². The molecule has 72 valence electrons. The minimum atomic E-state index is 0.329. The van der Waals surface area contributed by atoms with Gasteiger partial charge in [-0.3, -0.25) is 0 Å². The Labute approximate surface area is 88.5 Å². The molecule has 13 heavy (non-hydrogen) atoms. The fourth-order valence-corrected chi connectivity index (χ4v) is 1.72. The van der Waals surface area contributed by atoms with E-state index in [0.717, 1.165) is 16.6 Å². The first kappa shape index (κ1) is 10.6. The lowest BCUT2D eigenvalue weighted by Gasteiger charge is -2.18. The summed E-state index contributed by atoms with van der Waals surface area (Å²) >= 11 is 3.43. The number of halogens is 1. The summed E-state index contributed by atoms with van der Waals surface area (Å²) in [6, 6.07) is 6.14. The van der Waals surface area contributed by atoms with Crippen LogP contribution in [0, 0.1) is 5.41 Å². The normalized spacial score (nSPS) is 11.7. The van der Waals surface area contributed by atoms with Gasteiger partial charge in [0, 0.05) is 10.2 Å². The topological polar surface area (TPSA) is 26.0 Å². The third kappa shape index (κ3) is 3.39. The van der Waals surface area contributed by atoms with E-state index in [-0.39, 0.29) is 0 Å². The predicted octanol–water partition coefficient (Wildman–Crippen LogP) is 3.62. The molecule has 0 radical (unpaired) electrons. The first-order valence-corrected chi connectivity index (χ1v) is 5.22. The van der Waals surface area contributed by atoms with Crippen molar-refractivity contribution in [2.24, 2.45) is 5.41 Å². The van der Waals surface area contributed by atoms with Crippen molar-refractivity contribution in [2.75, 3.05) is 5.73 Å². The van der Waals surface area contributed by atoms with Gasteiger partial charge in [0.1, 0.15) is 0 Å². The summed E-state index contributed by atoms with van der Waals surface area (Å²) in [6.45, 7) is 6.70. The standard InChI is InChI=1S/C11H16BrN/c1-11(2,3)7-8-4-5-10(13)9(12)6-8/h4-6H,7,13H2,1-3H3. The van der Waals surface area contributed by atoms with Gasteiger partial charge in [-0.15, -0.1) is 0 Å². The Morgan fingerprint density at radius 1 is 1.31 bits per heavy atom. The lowest BCUT2D eigenvalue weighted by atomic mass is 9.88. The third-order valence-electron chi connectivity index (χ3n) is 1.80. The molecule has 1 rings (SSSR count). The maximum atomic E-state index is 5.71. The van der Waals surface area contributed by atoms with Crippen molar-refractivity contribution in [3.63, 3.8) is 0 Å². The van der Waals surface area contributed by atoms with Gasteiger partial charge >= 0.3 is 0 Å². The van der Waals surface area contributed by atoms with E-state index in [1.165, 1.54) is 5.56 Å². The smallest absolute Gasteiger partial charge is 0.0458 e. The van der Waals surface area contributed by atoms with Crippen LogP contribution < -0.4 is 5.73 Å². The Morgan fingerprint density at radius 3 is 2.38 bits per heavy atom. The first-order valence-electron chi connectivity index (χ1n) is 4.42. The minimum absolute atomic E-state index is 0.329. The Bertz CT molecular complexity index is 299. The average Bonchev–Trinajstić information content (AvgIpc) is 1.94. The third-order valence-corrected chi connectivity index (χ3v) is 2.49. The maximum Gasteiger partial charge on any atom is 0.0458 e. The molecule has 1 aromatic rings. The molecule has 2 heteroatoms. The average molecular weight is 242 g/mol. The predicted molar refractivity (Wildman–Crippen MR) is 61.7 cm³/mol. The van der Waals surface area contributed by atoms with Crippen LogP contribution in [0.2, 0.25) is 0 Å². The molecule has 0 saturated heterocycles. The van der Waals surface area contributed by atoms with Crippen LogP contribution in [-0.4, -0.2) is 0 Å². The number of anilines is 1. The van der Waals surface area contributed by atoms with Gasteiger partial charge in [-0.05, 0) is 45.5 Å². The van der Waals surface area contributed by atoms with Crippen LogP contribution in [0.5, 0.6) is 0 Å². The molecule has 0 heterocycles. The van der Waals surface area contributed by atoms with Gasteiger partial charge in [0.25, 0.3) is 0 Å². The summed E-state index contributed by atoms with van der Waals surface area (Å²) < 4.78 is 0.995. The fourth-order valence-electron chi connectivity index (χ4n) is 1.29. The largest absolute Gasteiger partial charge is 0.398 e. The van der Waals surface area contributed by atoms with Crippen molar-refractivity contribution in [3.8, 4) is 0 Å². The Morgan fingerprint density at radius 2 is 1.92 bits per heavy atom. The van der Waals surface area contributed by atoms with Gasteiger partial charge in [-0.2, -0.15) is 0 Å². The van der Waals surface area contributed by atoms with E-state index in [2.05, 4.69) is 48.8 Å². The molecule has 1 aromatic carbocycles. The number of rotatable bonds is 1. The summed E-state index contributed by atoms with van der Waals surface area (Å²) in [5.74, 6) is 0. The molecule has 0 fully saturated rings. The van der Waals surface area contributed by atoms with Crippen molar-refractivity contribution in [1.82, 2.24) is 0 Å². The second kappa shape index (κ2) is 3.70. The molecule has 1 nitrogen and oxygen atoms in total. The highest BCUT2D eigenvalue weighted by Gasteiger charge is 2.11. The van der Waals surface area contributed by atoms with Crippen LogP contribution in [0.1, 0.15) is 26.3 Å². The highest BCUT2D eigenvalue weighted by atomic mass is 79.9. The van der Waals surface area contributed by atoms with Crippen molar-refractivity contribution in [1.29, 1.82) is 0 Å². The van der Waals surface area contributed by atoms with Crippen molar-refractivity contribution in [3.05, 3.63) is 28.2 Å². The zero-order chi connectivity index (χ0) is 10.1. The summed E-state index contributed by atoms with van der Waals surface area (Å²) in [5.41, 5.74) is 8.17. The monoisotopic (exact) mass is 241 g/mol. The Hall–Kier alpha value is -0.500. The molecule has 0 saturated carbocycles. The van der Waals surface area contributed by atoms with Crippen LogP contribution >= 0.6 is 15.9 Å². The van der Waals surface area contributed by atoms with Crippen LogP contribution in [-0.2, 0) is 6.42 Å². The number of nitrogen functional groups attached to an aromatic ring is 1. The number of hydrogen-bond donors (Lipinski definition) is 1. The molecule has 0 bridgehead atoms. The number of hydrogen-bond acceptors (Lipinski definition) is 1. The Balaban J connectivity index is 2.86. The first-order chi connectivity index (χ1) is 5.88.